The lowest BCUT2D eigenvalue weighted by Gasteiger charge is -2.23. The van der Waals surface area contributed by atoms with Gasteiger partial charge < -0.3 is 10.6 Å². The third-order valence-corrected chi connectivity index (χ3v) is 4.14. The van der Waals surface area contributed by atoms with Gasteiger partial charge in [-0.05, 0) is 66.2 Å². The number of anilines is 1. The maximum absolute atomic E-state index is 4.35. The van der Waals surface area contributed by atoms with Crippen molar-refractivity contribution in [1.29, 1.82) is 0 Å². The van der Waals surface area contributed by atoms with Crippen LogP contribution in [0.4, 0.5) is 5.82 Å². The van der Waals surface area contributed by atoms with Crippen molar-refractivity contribution in [2.75, 3.05) is 18.4 Å². The van der Waals surface area contributed by atoms with Crippen LogP contribution in [0.15, 0.2) is 30.3 Å². The average Bonchev–Trinajstić information content (AvgIpc) is 2.89. The Morgan fingerprint density at radius 1 is 1.16 bits per heavy atom. The smallest absolute Gasteiger partial charge is 0.148 e. The Morgan fingerprint density at radius 2 is 1.89 bits per heavy atom. The van der Waals surface area contributed by atoms with E-state index in [0.717, 1.165) is 37.4 Å². The Bertz CT molecular complexity index is 529. The Labute approximate surface area is 126 Å². The van der Waals surface area contributed by atoms with Gasteiger partial charge in [-0.1, -0.05) is 12.1 Å². The zero-order valence-electron chi connectivity index (χ0n) is 10.6. The number of nitrogens with zero attached hydrogens (tertiary/aromatic N) is 1. The molecule has 1 aliphatic rings. The number of piperidine rings is 1. The molecule has 2 aromatic rings. The van der Waals surface area contributed by atoms with Gasteiger partial charge in [0.25, 0.3) is 0 Å². The fraction of sp³-hybridized carbons (Fsp3) is 0.357. The van der Waals surface area contributed by atoms with Crippen LogP contribution in [0.5, 0.6) is 0 Å². The number of rotatable bonds is 3. The summed E-state index contributed by atoms with van der Waals surface area (Å²) in [5.41, 5.74) is 2.24. The lowest BCUT2D eigenvalue weighted by Crippen LogP contribution is -2.35. The van der Waals surface area contributed by atoms with E-state index in [9.17, 15) is 0 Å². The minimum Gasteiger partial charge on any atom is -0.366 e. The van der Waals surface area contributed by atoms with E-state index in [0.29, 0.717) is 6.04 Å². The van der Waals surface area contributed by atoms with Gasteiger partial charge in [0.15, 0.2) is 0 Å². The third kappa shape index (κ3) is 3.27. The molecule has 0 spiro atoms. The van der Waals surface area contributed by atoms with Crippen molar-refractivity contribution in [2.24, 2.45) is 0 Å². The van der Waals surface area contributed by atoms with Crippen LogP contribution in [0.2, 0.25) is 0 Å². The molecule has 3 rings (SSSR count). The Kier molecular flexibility index (Phi) is 4.03. The van der Waals surface area contributed by atoms with Gasteiger partial charge in [0, 0.05) is 15.7 Å². The summed E-state index contributed by atoms with van der Waals surface area (Å²) in [7, 11) is 0. The minimum atomic E-state index is 0.536. The molecule has 3 N–H and O–H groups in total. The summed E-state index contributed by atoms with van der Waals surface area (Å²) in [6.45, 7) is 2.18. The van der Waals surface area contributed by atoms with Gasteiger partial charge in [-0.3, -0.25) is 5.10 Å². The minimum absolute atomic E-state index is 0.536. The SMILES string of the molecule is Ic1ccc(-c2cc(NC3CCNCC3)n[nH]2)cc1. The van der Waals surface area contributed by atoms with Crippen LogP contribution in [0.25, 0.3) is 11.3 Å². The Hall–Kier alpha value is -1.08. The number of hydrogen-bond acceptors (Lipinski definition) is 3. The molecule has 0 saturated carbocycles. The molecular weight excluding hydrogens is 351 g/mol. The van der Waals surface area contributed by atoms with Crippen molar-refractivity contribution in [3.05, 3.63) is 33.9 Å². The third-order valence-electron chi connectivity index (χ3n) is 3.42. The monoisotopic (exact) mass is 368 g/mol. The molecule has 5 heteroatoms. The summed E-state index contributed by atoms with van der Waals surface area (Å²) in [6, 6.07) is 11.1. The summed E-state index contributed by atoms with van der Waals surface area (Å²) in [5.74, 6) is 0.945. The molecule has 0 amide bonds. The van der Waals surface area contributed by atoms with Crippen molar-refractivity contribution < 1.29 is 0 Å². The fourth-order valence-electron chi connectivity index (χ4n) is 2.35. The van der Waals surface area contributed by atoms with Crippen molar-refractivity contribution in [3.63, 3.8) is 0 Å². The van der Waals surface area contributed by atoms with Gasteiger partial charge in [0.05, 0.1) is 5.69 Å². The molecule has 19 heavy (non-hydrogen) atoms. The van der Waals surface area contributed by atoms with Crippen LogP contribution in [-0.2, 0) is 0 Å². The summed E-state index contributed by atoms with van der Waals surface area (Å²) in [4.78, 5) is 0. The largest absolute Gasteiger partial charge is 0.366 e. The maximum Gasteiger partial charge on any atom is 0.148 e. The van der Waals surface area contributed by atoms with E-state index in [1.165, 1.54) is 9.13 Å². The number of benzene rings is 1. The van der Waals surface area contributed by atoms with Gasteiger partial charge in [0.1, 0.15) is 5.82 Å². The normalized spacial score (nSPS) is 16.5. The van der Waals surface area contributed by atoms with E-state index >= 15 is 0 Å². The highest BCUT2D eigenvalue weighted by molar-refractivity contribution is 14.1. The molecule has 1 aliphatic heterocycles. The van der Waals surface area contributed by atoms with Crippen molar-refractivity contribution >= 4 is 28.4 Å². The second-order valence-corrected chi connectivity index (χ2v) is 6.09. The first-order valence-corrected chi connectivity index (χ1v) is 7.68. The first kappa shape index (κ1) is 12.9. The standard InChI is InChI=1S/C14H17IN4/c15-11-3-1-10(2-4-11)13-9-14(19-18-13)17-12-5-7-16-8-6-12/h1-4,9,12,16H,5-8H2,(H2,17,18,19). The number of nitrogens with one attached hydrogen (secondary N) is 3. The molecule has 1 saturated heterocycles. The number of halogens is 1. The molecule has 0 atom stereocenters. The topological polar surface area (TPSA) is 52.7 Å². The lowest BCUT2D eigenvalue weighted by molar-refractivity contribution is 0.478. The molecule has 0 aliphatic carbocycles. The zero-order valence-corrected chi connectivity index (χ0v) is 12.8. The average molecular weight is 368 g/mol. The molecular formula is C14H17IN4. The van der Waals surface area contributed by atoms with E-state index in [2.05, 4.69) is 73.8 Å². The Balaban J connectivity index is 1.70. The van der Waals surface area contributed by atoms with E-state index in [1.54, 1.807) is 0 Å². The highest BCUT2D eigenvalue weighted by atomic mass is 127. The van der Waals surface area contributed by atoms with Gasteiger partial charge >= 0.3 is 0 Å². The van der Waals surface area contributed by atoms with Gasteiger partial charge in [0.2, 0.25) is 0 Å². The molecule has 4 nitrogen and oxygen atoms in total. The number of hydrogen-bond donors (Lipinski definition) is 3. The summed E-state index contributed by atoms with van der Waals surface area (Å²) in [5, 5.41) is 14.3. The molecule has 2 heterocycles. The maximum atomic E-state index is 4.35. The Morgan fingerprint density at radius 3 is 2.63 bits per heavy atom. The van der Waals surface area contributed by atoms with Crippen LogP contribution >= 0.6 is 22.6 Å². The van der Waals surface area contributed by atoms with Crippen LogP contribution in [-0.4, -0.2) is 29.3 Å². The van der Waals surface area contributed by atoms with E-state index < -0.39 is 0 Å². The molecule has 1 aromatic heterocycles. The quantitative estimate of drug-likeness (QED) is 0.731. The first-order chi connectivity index (χ1) is 9.31. The van der Waals surface area contributed by atoms with Gasteiger partial charge in [-0.15, -0.1) is 0 Å². The molecule has 0 bridgehead atoms. The van der Waals surface area contributed by atoms with Crippen LogP contribution in [0.1, 0.15) is 12.8 Å². The zero-order chi connectivity index (χ0) is 13.1. The van der Waals surface area contributed by atoms with E-state index in [-0.39, 0.29) is 0 Å². The molecule has 0 unspecified atom stereocenters. The number of aromatic amines is 1. The molecule has 100 valence electrons. The fourth-order valence-corrected chi connectivity index (χ4v) is 2.71. The van der Waals surface area contributed by atoms with Crippen LogP contribution in [0, 0.1) is 3.57 Å². The molecule has 1 aromatic carbocycles. The van der Waals surface area contributed by atoms with E-state index in [1.807, 2.05) is 0 Å². The predicted octanol–water partition coefficient (Wildman–Crippen LogP) is 2.85. The highest BCUT2D eigenvalue weighted by Crippen LogP contribution is 2.21. The van der Waals surface area contributed by atoms with Gasteiger partial charge in [-0.25, -0.2) is 0 Å². The summed E-state index contributed by atoms with van der Waals surface area (Å²) >= 11 is 2.31. The molecule has 0 radical (unpaired) electrons. The van der Waals surface area contributed by atoms with E-state index in [4.69, 9.17) is 0 Å². The second-order valence-electron chi connectivity index (χ2n) is 4.84. The van der Waals surface area contributed by atoms with Crippen molar-refractivity contribution in [2.45, 2.75) is 18.9 Å². The number of H-pyrrole nitrogens is 1. The van der Waals surface area contributed by atoms with Crippen LogP contribution in [0.3, 0.4) is 0 Å². The van der Waals surface area contributed by atoms with Crippen molar-refractivity contribution in [1.82, 2.24) is 15.5 Å². The van der Waals surface area contributed by atoms with Crippen molar-refractivity contribution in [3.8, 4) is 11.3 Å². The van der Waals surface area contributed by atoms with Crippen LogP contribution < -0.4 is 10.6 Å². The number of aromatic nitrogens is 2. The summed E-state index contributed by atoms with van der Waals surface area (Å²) in [6.07, 6.45) is 2.32. The predicted molar refractivity (Wildman–Crippen MR) is 86.3 cm³/mol. The summed E-state index contributed by atoms with van der Waals surface area (Å²) < 4.78 is 1.24. The lowest BCUT2D eigenvalue weighted by atomic mass is 10.1. The van der Waals surface area contributed by atoms with Gasteiger partial charge in [-0.2, -0.15) is 5.10 Å². The second kappa shape index (κ2) is 5.92. The highest BCUT2D eigenvalue weighted by Gasteiger charge is 2.13. The first-order valence-electron chi connectivity index (χ1n) is 6.60. The molecule has 1 fully saturated rings.